The molecule has 2 heterocycles. The minimum Gasteiger partial charge on any atom is -0.479 e. The van der Waals surface area contributed by atoms with E-state index in [4.69, 9.17) is 25.6 Å². The number of nitrogens with zero attached hydrogens (tertiary/aromatic N) is 2. The summed E-state index contributed by atoms with van der Waals surface area (Å²) in [5.41, 5.74) is 1.87. The van der Waals surface area contributed by atoms with E-state index < -0.39 is 24.2 Å². The molecule has 0 unspecified atom stereocenters. The topological polar surface area (TPSA) is 96.0 Å². The first-order valence-corrected chi connectivity index (χ1v) is 12.6. The standard InChI is InChI=1S/C29H22ClF3N2O6/c1-4-6-19-23(38-16(3)28(36)37)7-5-8-24(19)39-26-15(2)35(27-20-11-9-17(30)13-25(20)41-34-27)22-12-10-18(14-21(22)26)40-29(31,32)33/h4-5,7-14,16H,1,6H2,2-3H3,(H,36,37)/t16-/m0/s1. The van der Waals surface area contributed by atoms with Crippen LogP contribution in [-0.4, -0.2) is 33.3 Å². The van der Waals surface area contributed by atoms with Gasteiger partial charge in [0.25, 0.3) is 0 Å². The van der Waals surface area contributed by atoms with Crippen molar-refractivity contribution in [2.75, 3.05) is 0 Å². The fourth-order valence-electron chi connectivity index (χ4n) is 4.48. The lowest BCUT2D eigenvalue weighted by Crippen LogP contribution is -2.23. The molecule has 0 bridgehead atoms. The first kappa shape index (κ1) is 27.9. The van der Waals surface area contributed by atoms with E-state index in [1.165, 1.54) is 25.1 Å². The number of hydrogen-bond acceptors (Lipinski definition) is 6. The molecule has 5 rings (SSSR count). The number of ether oxygens (including phenoxy) is 3. The Kier molecular flexibility index (Phi) is 7.31. The Bertz CT molecular complexity index is 1790. The number of aromatic nitrogens is 2. The van der Waals surface area contributed by atoms with Crippen molar-refractivity contribution in [3.63, 3.8) is 0 Å². The van der Waals surface area contributed by atoms with Crippen LogP contribution in [0.2, 0.25) is 5.02 Å². The van der Waals surface area contributed by atoms with E-state index in [1.54, 1.807) is 54.0 Å². The minimum absolute atomic E-state index is 0.214. The molecule has 12 heteroatoms. The maximum atomic E-state index is 13.1. The Morgan fingerprint density at radius 2 is 1.93 bits per heavy atom. The summed E-state index contributed by atoms with van der Waals surface area (Å²) >= 11 is 6.10. The van der Waals surface area contributed by atoms with Crippen LogP contribution >= 0.6 is 11.6 Å². The summed E-state index contributed by atoms with van der Waals surface area (Å²) in [5.74, 6) is -0.454. The second-order valence-electron chi connectivity index (χ2n) is 9.05. The summed E-state index contributed by atoms with van der Waals surface area (Å²) in [4.78, 5) is 11.4. The number of alkyl halides is 3. The molecular formula is C29H22ClF3N2O6. The van der Waals surface area contributed by atoms with Crippen molar-refractivity contribution >= 4 is 39.4 Å². The largest absolute Gasteiger partial charge is 0.573 e. The molecule has 5 aromatic rings. The second-order valence-corrected chi connectivity index (χ2v) is 9.49. The van der Waals surface area contributed by atoms with Gasteiger partial charge in [0.15, 0.2) is 23.3 Å². The van der Waals surface area contributed by atoms with E-state index in [0.29, 0.717) is 49.7 Å². The fraction of sp³-hybridized carbons (Fsp3) is 0.172. The zero-order valence-electron chi connectivity index (χ0n) is 21.7. The van der Waals surface area contributed by atoms with E-state index >= 15 is 0 Å². The number of carboxylic acid groups (broad SMARTS) is 1. The average Bonchev–Trinajstić information content (AvgIpc) is 3.42. The number of fused-ring (bicyclic) bond motifs is 2. The molecule has 3 aromatic carbocycles. The van der Waals surface area contributed by atoms with Crippen molar-refractivity contribution in [3.05, 3.63) is 83.5 Å². The van der Waals surface area contributed by atoms with Gasteiger partial charge in [-0.2, -0.15) is 0 Å². The maximum Gasteiger partial charge on any atom is 0.573 e. The first-order chi connectivity index (χ1) is 19.5. The number of aliphatic carboxylic acids is 1. The van der Waals surface area contributed by atoms with Gasteiger partial charge >= 0.3 is 12.3 Å². The third kappa shape index (κ3) is 5.53. The Balaban J connectivity index is 1.71. The quantitative estimate of drug-likeness (QED) is 0.175. The number of allylic oxidation sites excluding steroid dienone is 1. The molecular weight excluding hydrogens is 565 g/mol. The monoisotopic (exact) mass is 586 g/mol. The summed E-state index contributed by atoms with van der Waals surface area (Å²) in [6.45, 7) is 6.87. The molecule has 2 aromatic heterocycles. The third-order valence-corrected chi connectivity index (χ3v) is 6.52. The molecule has 0 spiro atoms. The van der Waals surface area contributed by atoms with Gasteiger partial charge in [0.1, 0.15) is 17.2 Å². The van der Waals surface area contributed by atoms with Gasteiger partial charge < -0.3 is 23.8 Å². The Morgan fingerprint density at radius 1 is 1.17 bits per heavy atom. The highest BCUT2D eigenvalue weighted by Gasteiger charge is 2.32. The van der Waals surface area contributed by atoms with Crippen molar-refractivity contribution in [2.24, 2.45) is 0 Å². The first-order valence-electron chi connectivity index (χ1n) is 12.2. The number of carbonyl (C=O) groups is 1. The van der Waals surface area contributed by atoms with Gasteiger partial charge in [-0.15, -0.1) is 19.8 Å². The molecule has 0 saturated carbocycles. The number of hydrogen-bond donors (Lipinski definition) is 1. The predicted octanol–water partition coefficient (Wildman–Crippen LogP) is 8.00. The zero-order chi connectivity index (χ0) is 29.5. The average molecular weight is 587 g/mol. The molecule has 0 aliphatic carbocycles. The number of carboxylic acids is 1. The predicted molar refractivity (Wildman–Crippen MR) is 145 cm³/mol. The Morgan fingerprint density at radius 3 is 2.63 bits per heavy atom. The molecule has 0 radical (unpaired) electrons. The van der Waals surface area contributed by atoms with Gasteiger partial charge in [-0.25, -0.2) is 4.79 Å². The number of rotatable bonds is 9. The van der Waals surface area contributed by atoms with Crippen LogP contribution in [0.25, 0.3) is 27.7 Å². The van der Waals surface area contributed by atoms with Gasteiger partial charge in [0, 0.05) is 22.0 Å². The molecule has 0 aliphatic heterocycles. The van der Waals surface area contributed by atoms with Gasteiger partial charge in [-0.05, 0) is 62.7 Å². The van der Waals surface area contributed by atoms with Crippen molar-refractivity contribution in [2.45, 2.75) is 32.7 Å². The maximum absolute atomic E-state index is 13.1. The van der Waals surface area contributed by atoms with E-state index in [1.807, 2.05) is 0 Å². The van der Waals surface area contributed by atoms with Crippen molar-refractivity contribution in [1.82, 2.24) is 9.72 Å². The molecule has 0 fully saturated rings. The van der Waals surface area contributed by atoms with E-state index in [-0.39, 0.29) is 17.9 Å². The van der Waals surface area contributed by atoms with Crippen LogP contribution in [0.3, 0.4) is 0 Å². The van der Waals surface area contributed by atoms with Crippen LogP contribution in [0.15, 0.2) is 71.8 Å². The van der Waals surface area contributed by atoms with Gasteiger partial charge in [-0.1, -0.05) is 28.9 Å². The number of halogens is 4. The lowest BCUT2D eigenvalue weighted by molar-refractivity contribution is -0.274. The summed E-state index contributed by atoms with van der Waals surface area (Å²) in [6, 6.07) is 13.7. The van der Waals surface area contributed by atoms with Crippen LogP contribution in [0.1, 0.15) is 18.2 Å². The van der Waals surface area contributed by atoms with Crippen molar-refractivity contribution < 1.29 is 41.8 Å². The zero-order valence-corrected chi connectivity index (χ0v) is 22.4. The SMILES string of the molecule is C=CCc1c(Oc2c(C)n(-c3noc4cc(Cl)ccc34)c3ccc(OC(F)(F)F)cc23)cccc1O[C@@H](C)C(=O)O. The molecule has 212 valence electrons. The highest BCUT2D eigenvalue weighted by Crippen LogP contribution is 2.43. The smallest absolute Gasteiger partial charge is 0.479 e. The van der Waals surface area contributed by atoms with Crippen molar-refractivity contribution in [3.8, 4) is 28.8 Å². The lowest BCUT2D eigenvalue weighted by Gasteiger charge is -2.17. The van der Waals surface area contributed by atoms with Crippen LogP contribution < -0.4 is 14.2 Å². The van der Waals surface area contributed by atoms with E-state index in [2.05, 4.69) is 16.5 Å². The third-order valence-electron chi connectivity index (χ3n) is 6.28. The van der Waals surface area contributed by atoms with E-state index in [9.17, 15) is 23.1 Å². The second kappa shape index (κ2) is 10.7. The summed E-state index contributed by atoms with van der Waals surface area (Å²) in [5, 5.41) is 14.9. The van der Waals surface area contributed by atoms with Crippen LogP contribution in [0, 0.1) is 6.92 Å². The molecule has 41 heavy (non-hydrogen) atoms. The van der Waals surface area contributed by atoms with Crippen LogP contribution in [0.5, 0.6) is 23.0 Å². The van der Waals surface area contributed by atoms with Gasteiger partial charge in [0.05, 0.1) is 16.6 Å². The van der Waals surface area contributed by atoms with Crippen LogP contribution in [0.4, 0.5) is 13.2 Å². The fourth-order valence-corrected chi connectivity index (χ4v) is 4.64. The molecule has 1 N–H and O–H groups in total. The van der Waals surface area contributed by atoms with Crippen molar-refractivity contribution in [1.29, 1.82) is 0 Å². The molecule has 0 amide bonds. The lowest BCUT2D eigenvalue weighted by atomic mass is 10.1. The summed E-state index contributed by atoms with van der Waals surface area (Å²) in [6.07, 6.45) is -4.20. The Labute approximate surface area is 236 Å². The summed E-state index contributed by atoms with van der Waals surface area (Å²) in [7, 11) is 0. The van der Waals surface area contributed by atoms with Crippen LogP contribution in [-0.2, 0) is 11.2 Å². The van der Waals surface area contributed by atoms with E-state index in [0.717, 1.165) is 0 Å². The van der Waals surface area contributed by atoms with Gasteiger partial charge in [0.2, 0.25) is 0 Å². The van der Waals surface area contributed by atoms with Gasteiger partial charge in [-0.3, -0.25) is 4.57 Å². The molecule has 0 saturated heterocycles. The normalized spacial score (nSPS) is 12.4. The minimum atomic E-state index is -4.91. The molecule has 0 aliphatic rings. The molecule has 1 atom stereocenters. The highest BCUT2D eigenvalue weighted by atomic mass is 35.5. The molecule has 8 nitrogen and oxygen atoms in total. The number of benzene rings is 3. The Hall–Kier alpha value is -4.64. The summed E-state index contributed by atoms with van der Waals surface area (Å²) < 4.78 is 62.6. The highest BCUT2D eigenvalue weighted by molar-refractivity contribution is 6.31.